The molecule has 0 atom stereocenters. The highest BCUT2D eigenvalue weighted by molar-refractivity contribution is 5.79. The van der Waals surface area contributed by atoms with Gasteiger partial charge in [-0.15, -0.1) is 0 Å². The monoisotopic (exact) mass is 305 g/mol. The molecule has 0 radical (unpaired) electrons. The maximum absolute atomic E-state index is 5.35. The first-order chi connectivity index (χ1) is 10.7. The van der Waals surface area contributed by atoms with Crippen molar-refractivity contribution in [3.05, 3.63) is 35.4 Å². The van der Waals surface area contributed by atoms with Gasteiger partial charge in [0.05, 0.1) is 0 Å². The number of benzene rings is 1. The van der Waals surface area contributed by atoms with Gasteiger partial charge in [0.1, 0.15) is 0 Å². The molecule has 0 saturated heterocycles. The molecule has 1 aromatic carbocycles. The Hall–Kier alpha value is -1.55. The van der Waals surface area contributed by atoms with Gasteiger partial charge >= 0.3 is 0 Å². The Morgan fingerprint density at radius 1 is 1.23 bits per heavy atom. The predicted octanol–water partition coefficient (Wildman–Crippen LogP) is 3.21. The van der Waals surface area contributed by atoms with Crippen molar-refractivity contribution >= 4 is 5.96 Å². The average Bonchev–Trinajstić information content (AvgIpc) is 2.51. The first-order valence-electron chi connectivity index (χ1n) is 8.30. The quantitative estimate of drug-likeness (QED) is 0.432. The van der Waals surface area contributed by atoms with E-state index in [2.05, 4.69) is 55.4 Å². The average molecular weight is 305 g/mol. The van der Waals surface area contributed by atoms with Crippen molar-refractivity contribution in [2.45, 2.75) is 40.2 Å². The second-order valence-corrected chi connectivity index (χ2v) is 5.42. The fourth-order valence-corrected chi connectivity index (χ4v) is 2.23. The molecular weight excluding hydrogens is 274 g/mol. The molecule has 0 aromatic heterocycles. The topological polar surface area (TPSA) is 36.9 Å². The lowest BCUT2D eigenvalue weighted by Crippen LogP contribution is -2.38. The number of hydrogen-bond donors (Lipinski definition) is 1. The summed E-state index contributed by atoms with van der Waals surface area (Å²) >= 11 is 0. The summed E-state index contributed by atoms with van der Waals surface area (Å²) in [6, 6.07) is 8.50. The van der Waals surface area contributed by atoms with Crippen LogP contribution in [0, 0.1) is 6.92 Å². The van der Waals surface area contributed by atoms with Crippen molar-refractivity contribution in [1.29, 1.82) is 0 Å². The first-order valence-corrected chi connectivity index (χ1v) is 8.30. The Labute approximate surface area is 135 Å². The highest BCUT2D eigenvalue weighted by Gasteiger charge is 2.07. The van der Waals surface area contributed by atoms with Gasteiger partial charge in [-0.2, -0.15) is 0 Å². The van der Waals surface area contributed by atoms with E-state index in [0.717, 1.165) is 51.6 Å². The van der Waals surface area contributed by atoms with Gasteiger partial charge in [0.25, 0.3) is 0 Å². The van der Waals surface area contributed by atoms with E-state index in [-0.39, 0.29) is 0 Å². The van der Waals surface area contributed by atoms with Crippen LogP contribution in [0.4, 0.5) is 0 Å². The Kier molecular flexibility index (Phi) is 9.31. The van der Waals surface area contributed by atoms with Crippen molar-refractivity contribution in [3.63, 3.8) is 0 Å². The SMILES string of the molecule is CCNC(=NCCCCOCC)N(C)Cc1ccccc1C. The third-order valence-corrected chi connectivity index (χ3v) is 3.53. The fraction of sp³-hybridized carbons (Fsp3) is 0.611. The van der Waals surface area contributed by atoms with E-state index < -0.39 is 0 Å². The molecule has 0 saturated carbocycles. The summed E-state index contributed by atoms with van der Waals surface area (Å²) < 4.78 is 5.35. The molecule has 1 rings (SSSR count). The minimum atomic E-state index is 0.797. The van der Waals surface area contributed by atoms with E-state index in [1.54, 1.807) is 0 Å². The summed E-state index contributed by atoms with van der Waals surface area (Å²) in [6.45, 7) is 10.5. The zero-order valence-corrected chi connectivity index (χ0v) is 14.6. The number of nitrogens with zero attached hydrogens (tertiary/aromatic N) is 2. The van der Waals surface area contributed by atoms with Gasteiger partial charge in [-0.1, -0.05) is 24.3 Å². The van der Waals surface area contributed by atoms with Crippen LogP contribution in [0.5, 0.6) is 0 Å². The second kappa shape index (κ2) is 11.1. The standard InChI is InChI=1S/C18H31N3O/c1-5-19-18(20-13-9-10-14-22-6-2)21(4)15-17-12-8-7-11-16(17)3/h7-8,11-12H,5-6,9-10,13-15H2,1-4H3,(H,19,20). The van der Waals surface area contributed by atoms with Crippen LogP contribution < -0.4 is 5.32 Å². The summed E-state index contributed by atoms with van der Waals surface area (Å²) in [4.78, 5) is 6.90. The van der Waals surface area contributed by atoms with Crippen LogP contribution in [0.15, 0.2) is 29.3 Å². The number of unbranched alkanes of at least 4 members (excludes halogenated alkanes) is 1. The van der Waals surface area contributed by atoms with E-state index in [1.807, 2.05) is 6.92 Å². The fourth-order valence-electron chi connectivity index (χ4n) is 2.23. The van der Waals surface area contributed by atoms with Crippen molar-refractivity contribution < 1.29 is 4.74 Å². The van der Waals surface area contributed by atoms with Gasteiger partial charge in [-0.05, 0) is 44.7 Å². The summed E-state index contributed by atoms with van der Waals surface area (Å²) in [6.07, 6.45) is 2.13. The summed E-state index contributed by atoms with van der Waals surface area (Å²) in [7, 11) is 2.09. The van der Waals surface area contributed by atoms with Gasteiger partial charge in [0.15, 0.2) is 5.96 Å². The molecule has 0 unspecified atom stereocenters. The number of hydrogen-bond acceptors (Lipinski definition) is 2. The number of ether oxygens (including phenoxy) is 1. The maximum Gasteiger partial charge on any atom is 0.193 e. The third-order valence-electron chi connectivity index (χ3n) is 3.53. The van der Waals surface area contributed by atoms with Gasteiger partial charge in [-0.25, -0.2) is 0 Å². The number of aryl methyl sites for hydroxylation is 1. The molecule has 0 aliphatic carbocycles. The normalized spacial score (nSPS) is 11.5. The second-order valence-electron chi connectivity index (χ2n) is 5.42. The smallest absolute Gasteiger partial charge is 0.193 e. The van der Waals surface area contributed by atoms with Crippen LogP contribution in [-0.2, 0) is 11.3 Å². The molecule has 4 heteroatoms. The Bertz CT molecular complexity index is 446. The highest BCUT2D eigenvalue weighted by atomic mass is 16.5. The van der Waals surface area contributed by atoms with E-state index in [0.29, 0.717) is 0 Å². The Balaban J connectivity index is 2.51. The number of aliphatic imine (C=N–C) groups is 1. The zero-order chi connectivity index (χ0) is 16.2. The van der Waals surface area contributed by atoms with Crippen LogP contribution in [-0.4, -0.2) is 44.2 Å². The molecule has 124 valence electrons. The van der Waals surface area contributed by atoms with E-state index in [4.69, 9.17) is 9.73 Å². The molecule has 1 N–H and O–H groups in total. The third kappa shape index (κ3) is 6.94. The van der Waals surface area contributed by atoms with Crippen molar-refractivity contribution in [1.82, 2.24) is 10.2 Å². The molecule has 0 spiro atoms. The van der Waals surface area contributed by atoms with Crippen molar-refractivity contribution in [2.75, 3.05) is 33.4 Å². The number of guanidine groups is 1. The molecule has 4 nitrogen and oxygen atoms in total. The predicted molar refractivity (Wildman–Crippen MR) is 94.4 cm³/mol. The summed E-state index contributed by atoms with van der Waals surface area (Å²) in [5.41, 5.74) is 2.66. The van der Waals surface area contributed by atoms with Crippen LogP contribution in [0.3, 0.4) is 0 Å². The van der Waals surface area contributed by atoms with Gasteiger partial charge in [0.2, 0.25) is 0 Å². The molecular formula is C18H31N3O. The molecule has 0 aliphatic rings. The lowest BCUT2D eigenvalue weighted by atomic mass is 10.1. The molecule has 0 amide bonds. The van der Waals surface area contributed by atoms with E-state index >= 15 is 0 Å². The maximum atomic E-state index is 5.35. The van der Waals surface area contributed by atoms with Crippen LogP contribution in [0.2, 0.25) is 0 Å². The molecule has 0 aliphatic heterocycles. The van der Waals surface area contributed by atoms with E-state index in [9.17, 15) is 0 Å². The molecule has 0 bridgehead atoms. The van der Waals surface area contributed by atoms with Gasteiger partial charge < -0.3 is 15.0 Å². The molecule has 0 fully saturated rings. The summed E-state index contributed by atoms with van der Waals surface area (Å²) in [5, 5.41) is 3.37. The first kappa shape index (κ1) is 18.5. The van der Waals surface area contributed by atoms with Crippen molar-refractivity contribution in [2.24, 2.45) is 4.99 Å². The largest absolute Gasteiger partial charge is 0.382 e. The molecule has 22 heavy (non-hydrogen) atoms. The number of rotatable bonds is 9. The van der Waals surface area contributed by atoms with Gasteiger partial charge in [0, 0.05) is 39.9 Å². The lowest BCUT2D eigenvalue weighted by molar-refractivity contribution is 0.144. The Morgan fingerprint density at radius 2 is 2.00 bits per heavy atom. The Morgan fingerprint density at radius 3 is 2.68 bits per heavy atom. The minimum absolute atomic E-state index is 0.797. The van der Waals surface area contributed by atoms with Crippen molar-refractivity contribution in [3.8, 4) is 0 Å². The minimum Gasteiger partial charge on any atom is -0.382 e. The summed E-state index contributed by atoms with van der Waals surface area (Å²) in [5.74, 6) is 0.974. The molecule has 1 aromatic rings. The molecule has 0 heterocycles. The lowest BCUT2D eigenvalue weighted by Gasteiger charge is -2.23. The van der Waals surface area contributed by atoms with Gasteiger partial charge in [-0.3, -0.25) is 4.99 Å². The highest BCUT2D eigenvalue weighted by Crippen LogP contribution is 2.09. The number of nitrogens with one attached hydrogen (secondary N) is 1. The van der Waals surface area contributed by atoms with E-state index in [1.165, 1.54) is 11.1 Å². The zero-order valence-electron chi connectivity index (χ0n) is 14.6. The van der Waals surface area contributed by atoms with Crippen LogP contribution in [0.1, 0.15) is 37.8 Å². The van der Waals surface area contributed by atoms with Crippen LogP contribution in [0.25, 0.3) is 0 Å². The van der Waals surface area contributed by atoms with Crippen LogP contribution >= 0.6 is 0 Å².